The molecule has 4 nitrogen and oxygen atoms in total. The van der Waals surface area contributed by atoms with Crippen molar-refractivity contribution in [1.82, 2.24) is 0 Å². The summed E-state index contributed by atoms with van der Waals surface area (Å²) in [6.45, 7) is 0. The first-order valence-electron chi connectivity index (χ1n) is 6.39. The van der Waals surface area contributed by atoms with Gasteiger partial charge in [0.05, 0.1) is 17.8 Å². The number of ether oxygens (including phenoxy) is 2. The third kappa shape index (κ3) is 3.92. The molecule has 0 saturated heterocycles. The minimum absolute atomic E-state index is 0.0681. The summed E-state index contributed by atoms with van der Waals surface area (Å²) >= 11 is 0. The lowest BCUT2D eigenvalue weighted by Crippen LogP contribution is -2.47. The highest BCUT2D eigenvalue weighted by Gasteiger charge is 2.51. The molecule has 4 atom stereocenters. The van der Waals surface area contributed by atoms with E-state index in [2.05, 4.69) is 4.74 Å². The summed E-state index contributed by atoms with van der Waals surface area (Å²) in [5, 5.41) is 8.86. The van der Waals surface area contributed by atoms with Crippen molar-refractivity contribution in [2.45, 2.75) is 50.1 Å². The maximum Gasteiger partial charge on any atom is 0.522 e. The number of hydrogen-bond acceptors (Lipinski definition) is 3. The molecule has 2 aliphatic rings. The Labute approximate surface area is 120 Å². The average Bonchev–Trinajstić information content (AvgIpc) is 2.33. The Hall–Kier alpha value is -1.29. The van der Waals surface area contributed by atoms with Gasteiger partial charge in [-0.25, -0.2) is 4.79 Å². The number of carboxylic acids is 1. The lowest BCUT2D eigenvalue weighted by Gasteiger charge is -2.40. The fourth-order valence-electron chi connectivity index (χ4n) is 2.78. The Morgan fingerprint density at radius 2 is 1.86 bits per heavy atom. The van der Waals surface area contributed by atoms with Crippen LogP contribution in [0.3, 0.4) is 0 Å². The lowest BCUT2D eigenvalue weighted by molar-refractivity contribution is -0.348. The summed E-state index contributed by atoms with van der Waals surface area (Å²) < 4.78 is 83.6. The van der Waals surface area contributed by atoms with Gasteiger partial charge in [-0.05, 0) is 19.3 Å². The molecule has 0 amide bonds. The fourth-order valence-corrected chi connectivity index (χ4v) is 2.78. The molecule has 0 spiro atoms. The van der Waals surface area contributed by atoms with E-state index in [1.54, 1.807) is 0 Å². The van der Waals surface area contributed by atoms with Crippen LogP contribution >= 0.6 is 0 Å². The summed E-state index contributed by atoms with van der Waals surface area (Å²) in [5.41, 5.74) is -0.999. The molecule has 1 aliphatic heterocycles. The van der Waals surface area contributed by atoms with Crippen LogP contribution in [-0.4, -0.2) is 41.9 Å². The molecule has 1 saturated carbocycles. The smallest absolute Gasteiger partial charge is 0.478 e. The third-order valence-electron chi connectivity index (χ3n) is 3.62. The SMILES string of the molecule is O=C(O)C1=CC2CC(OC(F)(F)F)CCC2OC1C(F)(F)F. The normalized spacial score (nSPS) is 33.1. The van der Waals surface area contributed by atoms with Gasteiger partial charge in [-0.2, -0.15) is 13.2 Å². The average molecular weight is 334 g/mol. The molecule has 4 unspecified atom stereocenters. The van der Waals surface area contributed by atoms with Crippen molar-refractivity contribution in [3.8, 4) is 0 Å². The zero-order valence-electron chi connectivity index (χ0n) is 10.9. The summed E-state index contributed by atoms with van der Waals surface area (Å²) in [6.07, 6.45) is -14.1. The van der Waals surface area contributed by atoms with Crippen LogP contribution in [-0.2, 0) is 14.3 Å². The van der Waals surface area contributed by atoms with Crippen LogP contribution < -0.4 is 0 Å². The van der Waals surface area contributed by atoms with Gasteiger partial charge in [0.25, 0.3) is 0 Å². The summed E-state index contributed by atoms with van der Waals surface area (Å²) in [6, 6.07) is 0. The monoisotopic (exact) mass is 334 g/mol. The molecule has 0 aromatic rings. The second kappa shape index (κ2) is 5.73. The maximum atomic E-state index is 12.8. The topological polar surface area (TPSA) is 55.8 Å². The first-order chi connectivity index (χ1) is 9.97. The zero-order chi connectivity index (χ0) is 16.7. The van der Waals surface area contributed by atoms with Gasteiger partial charge in [-0.3, -0.25) is 4.74 Å². The molecule has 10 heteroatoms. The van der Waals surface area contributed by atoms with Crippen molar-refractivity contribution in [3.63, 3.8) is 0 Å². The number of carboxylic acid groups (broad SMARTS) is 1. The Morgan fingerprint density at radius 3 is 2.36 bits per heavy atom. The number of fused-ring (bicyclic) bond motifs is 1. The summed E-state index contributed by atoms with van der Waals surface area (Å²) in [5.74, 6) is -2.66. The van der Waals surface area contributed by atoms with Crippen molar-refractivity contribution in [1.29, 1.82) is 0 Å². The molecule has 1 N–H and O–H groups in total. The van der Waals surface area contributed by atoms with Crippen LogP contribution in [0.5, 0.6) is 0 Å². The van der Waals surface area contributed by atoms with Crippen molar-refractivity contribution in [2.24, 2.45) is 5.92 Å². The highest BCUT2D eigenvalue weighted by Crippen LogP contribution is 2.41. The van der Waals surface area contributed by atoms with E-state index in [-0.39, 0.29) is 19.3 Å². The maximum absolute atomic E-state index is 12.8. The van der Waals surface area contributed by atoms with E-state index in [9.17, 15) is 31.1 Å². The molecule has 0 bridgehead atoms. The van der Waals surface area contributed by atoms with Crippen LogP contribution in [0.1, 0.15) is 19.3 Å². The number of alkyl halides is 6. The predicted octanol–water partition coefficient (Wildman–Crippen LogP) is 3.03. The Kier molecular flexibility index (Phi) is 4.44. The van der Waals surface area contributed by atoms with Gasteiger partial charge < -0.3 is 9.84 Å². The number of aliphatic carboxylic acids is 1. The van der Waals surface area contributed by atoms with E-state index in [4.69, 9.17) is 9.84 Å². The Balaban J connectivity index is 2.18. The molecule has 0 radical (unpaired) electrons. The third-order valence-corrected chi connectivity index (χ3v) is 3.62. The second-order valence-corrected chi connectivity index (χ2v) is 5.19. The second-order valence-electron chi connectivity index (χ2n) is 5.19. The van der Waals surface area contributed by atoms with E-state index in [0.717, 1.165) is 6.08 Å². The number of halogens is 6. The first-order valence-corrected chi connectivity index (χ1v) is 6.39. The fraction of sp³-hybridized carbons (Fsp3) is 0.750. The number of rotatable bonds is 2. The van der Waals surface area contributed by atoms with Gasteiger partial charge in [0.1, 0.15) is 0 Å². The highest BCUT2D eigenvalue weighted by atomic mass is 19.4. The van der Waals surface area contributed by atoms with Crippen LogP contribution in [0, 0.1) is 5.92 Å². The van der Waals surface area contributed by atoms with Crippen LogP contribution in [0.25, 0.3) is 0 Å². The molecule has 1 aliphatic carbocycles. The molecule has 2 rings (SSSR count). The van der Waals surface area contributed by atoms with Gasteiger partial charge in [-0.15, -0.1) is 13.2 Å². The lowest BCUT2D eigenvalue weighted by atomic mass is 9.80. The number of hydrogen-bond donors (Lipinski definition) is 1. The zero-order valence-corrected chi connectivity index (χ0v) is 10.9. The first kappa shape index (κ1) is 17.1. The molecule has 0 aromatic heterocycles. The van der Waals surface area contributed by atoms with Crippen molar-refractivity contribution >= 4 is 5.97 Å². The van der Waals surface area contributed by atoms with Crippen molar-refractivity contribution < 1.29 is 45.7 Å². The Morgan fingerprint density at radius 1 is 1.23 bits per heavy atom. The van der Waals surface area contributed by atoms with E-state index in [0.29, 0.717) is 0 Å². The molecule has 126 valence electrons. The van der Waals surface area contributed by atoms with E-state index in [1.165, 1.54) is 0 Å². The molecular formula is C12H12F6O4. The van der Waals surface area contributed by atoms with Gasteiger partial charge >= 0.3 is 18.5 Å². The largest absolute Gasteiger partial charge is 0.522 e. The minimum atomic E-state index is -4.89. The van der Waals surface area contributed by atoms with Gasteiger partial charge in [0, 0.05) is 5.92 Å². The highest BCUT2D eigenvalue weighted by molar-refractivity contribution is 5.88. The summed E-state index contributed by atoms with van der Waals surface area (Å²) in [7, 11) is 0. The van der Waals surface area contributed by atoms with E-state index < -0.39 is 48.3 Å². The van der Waals surface area contributed by atoms with E-state index >= 15 is 0 Å². The van der Waals surface area contributed by atoms with Gasteiger partial charge in [0.2, 0.25) is 0 Å². The molecule has 1 fully saturated rings. The van der Waals surface area contributed by atoms with Crippen molar-refractivity contribution in [3.05, 3.63) is 11.6 Å². The standard InChI is InChI=1S/C12H12F6O4/c13-11(14,15)9-7(10(19)20)4-5-3-6(22-12(16,17)18)1-2-8(5)21-9/h4-6,8-9H,1-3H2,(H,19,20). The predicted molar refractivity (Wildman–Crippen MR) is 58.7 cm³/mol. The molecule has 22 heavy (non-hydrogen) atoms. The quantitative estimate of drug-likeness (QED) is 0.789. The van der Waals surface area contributed by atoms with Crippen molar-refractivity contribution in [2.75, 3.05) is 0 Å². The molecule has 1 heterocycles. The molecule has 0 aromatic carbocycles. The van der Waals surface area contributed by atoms with E-state index in [1.807, 2.05) is 0 Å². The minimum Gasteiger partial charge on any atom is -0.478 e. The van der Waals surface area contributed by atoms with Crippen LogP contribution in [0.2, 0.25) is 0 Å². The van der Waals surface area contributed by atoms with Crippen LogP contribution in [0.15, 0.2) is 11.6 Å². The van der Waals surface area contributed by atoms with Gasteiger partial charge in [0.15, 0.2) is 6.10 Å². The molecular weight excluding hydrogens is 322 g/mol. The number of carbonyl (C=O) groups is 1. The van der Waals surface area contributed by atoms with Gasteiger partial charge in [-0.1, -0.05) is 6.08 Å². The summed E-state index contributed by atoms with van der Waals surface area (Å²) in [4.78, 5) is 10.9. The van der Waals surface area contributed by atoms with Crippen LogP contribution in [0.4, 0.5) is 26.3 Å². The Bertz CT molecular complexity index is 469.